The molecule has 1 heterocycles. The van der Waals surface area contributed by atoms with Gasteiger partial charge in [0.05, 0.1) is 23.1 Å². The van der Waals surface area contributed by atoms with Crippen LogP contribution >= 0.6 is 15.9 Å². The van der Waals surface area contributed by atoms with Crippen LogP contribution in [0.2, 0.25) is 0 Å². The molecule has 176 valence electrons. The van der Waals surface area contributed by atoms with Gasteiger partial charge in [0.2, 0.25) is 0 Å². The number of benzene rings is 2. The lowest BCUT2D eigenvalue weighted by atomic mass is 10.1. The summed E-state index contributed by atoms with van der Waals surface area (Å²) in [6.07, 6.45) is 2.01. The third-order valence-corrected chi connectivity index (χ3v) is 7.45. The highest BCUT2D eigenvalue weighted by atomic mass is 79.9. The highest BCUT2D eigenvalue weighted by molar-refractivity contribution is 9.11. The number of aromatic nitrogens is 1. The molecule has 0 aliphatic heterocycles. The van der Waals surface area contributed by atoms with E-state index in [1.807, 2.05) is 13.0 Å². The zero-order valence-corrected chi connectivity index (χ0v) is 21.6. The van der Waals surface area contributed by atoms with Gasteiger partial charge in [-0.05, 0) is 56.3 Å². The molecule has 3 aromatic rings. The normalized spacial score (nSPS) is 11.8. The summed E-state index contributed by atoms with van der Waals surface area (Å²) < 4.78 is 34.6. The van der Waals surface area contributed by atoms with Gasteiger partial charge in [0.1, 0.15) is 0 Å². The van der Waals surface area contributed by atoms with E-state index in [-0.39, 0.29) is 4.90 Å². The van der Waals surface area contributed by atoms with Crippen molar-refractivity contribution >= 4 is 42.8 Å². The van der Waals surface area contributed by atoms with Gasteiger partial charge in [0.15, 0.2) is 0 Å². The average molecular weight is 533 g/mol. The van der Waals surface area contributed by atoms with Crippen LogP contribution in [0.4, 0.5) is 0 Å². The van der Waals surface area contributed by atoms with E-state index in [4.69, 9.17) is 4.74 Å². The minimum atomic E-state index is -3.86. The zero-order valence-electron chi connectivity index (χ0n) is 19.2. The fourth-order valence-electron chi connectivity index (χ4n) is 3.77. The summed E-state index contributed by atoms with van der Waals surface area (Å²) in [6.45, 7) is 9.81. The molecule has 0 fully saturated rings. The number of carbonyl (C=O) groups excluding carboxylic acids is 1. The molecule has 33 heavy (non-hydrogen) atoms. The van der Waals surface area contributed by atoms with Crippen molar-refractivity contribution in [3.63, 3.8) is 0 Å². The quantitative estimate of drug-likeness (QED) is 0.323. The lowest BCUT2D eigenvalue weighted by Gasteiger charge is -2.23. The van der Waals surface area contributed by atoms with E-state index in [1.165, 1.54) is 11.1 Å². The third kappa shape index (κ3) is 5.75. The maximum atomic E-state index is 13.8. The topological polar surface area (TPSA) is 68.6 Å². The zero-order chi connectivity index (χ0) is 24.2. The van der Waals surface area contributed by atoms with Crippen molar-refractivity contribution in [1.29, 1.82) is 0 Å². The maximum absolute atomic E-state index is 13.8. The number of nitrogens with zero attached hydrogens (tertiary/aromatic N) is 2. The molecular weight excluding hydrogens is 504 g/mol. The first-order valence-corrected chi connectivity index (χ1v) is 13.0. The number of esters is 1. The summed E-state index contributed by atoms with van der Waals surface area (Å²) in [4.78, 5) is 14.4. The van der Waals surface area contributed by atoms with E-state index >= 15 is 0 Å². The van der Waals surface area contributed by atoms with Crippen molar-refractivity contribution in [2.75, 3.05) is 20.2 Å². The predicted molar refractivity (Wildman–Crippen MR) is 135 cm³/mol. The summed E-state index contributed by atoms with van der Waals surface area (Å²) in [5, 5.41) is 0.664. The predicted octanol–water partition coefficient (Wildman–Crippen LogP) is 5.48. The van der Waals surface area contributed by atoms with Crippen molar-refractivity contribution in [1.82, 2.24) is 8.87 Å². The second-order valence-electron chi connectivity index (χ2n) is 8.06. The molecule has 0 aliphatic carbocycles. The van der Waals surface area contributed by atoms with Crippen LogP contribution in [0.5, 0.6) is 0 Å². The van der Waals surface area contributed by atoms with E-state index in [0.717, 1.165) is 29.4 Å². The highest BCUT2D eigenvalue weighted by Gasteiger charge is 2.25. The monoisotopic (exact) mass is 532 g/mol. The van der Waals surface area contributed by atoms with E-state index in [2.05, 4.69) is 34.3 Å². The lowest BCUT2D eigenvalue weighted by molar-refractivity contribution is 0.0601. The Hall–Kier alpha value is -2.42. The molecule has 1 aromatic heterocycles. The minimum Gasteiger partial charge on any atom is -0.465 e. The van der Waals surface area contributed by atoms with Crippen LogP contribution in [0.3, 0.4) is 0 Å². The summed E-state index contributed by atoms with van der Waals surface area (Å²) in [5.74, 6) is -0.465. The number of hydrogen-bond acceptors (Lipinski definition) is 5. The Labute approximate surface area is 204 Å². The third-order valence-electron chi connectivity index (χ3n) is 5.42. The fraction of sp³-hybridized carbons (Fsp3) is 0.320. The largest absolute Gasteiger partial charge is 0.465 e. The van der Waals surface area contributed by atoms with Crippen molar-refractivity contribution in [3.05, 3.63) is 76.4 Å². The summed E-state index contributed by atoms with van der Waals surface area (Å²) in [7, 11) is -2.54. The van der Waals surface area contributed by atoms with Crippen LogP contribution < -0.4 is 0 Å². The van der Waals surface area contributed by atoms with Gasteiger partial charge in [0.25, 0.3) is 10.0 Å². The van der Waals surface area contributed by atoms with E-state index in [1.54, 1.807) is 42.5 Å². The molecular formula is C25H29BrN2O4S. The molecule has 0 N–H and O–H groups in total. The molecule has 0 amide bonds. The van der Waals surface area contributed by atoms with Gasteiger partial charge in [-0.1, -0.05) is 53.5 Å². The fourth-order valence-corrected chi connectivity index (χ4v) is 5.66. The number of fused-ring (bicyclic) bond motifs is 1. The first kappa shape index (κ1) is 25.2. The van der Waals surface area contributed by atoms with Gasteiger partial charge in [-0.15, -0.1) is 0 Å². The molecule has 0 aliphatic rings. The molecule has 0 spiro atoms. The Bertz CT molecular complexity index is 1260. The van der Waals surface area contributed by atoms with E-state index < -0.39 is 16.0 Å². The van der Waals surface area contributed by atoms with Gasteiger partial charge in [-0.25, -0.2) is 17.2 Å². The number of aryl methyl sites for hydroxylation is 1. The molecule has 0 unspecified atom stereocenters. The molecule has 0 radical (unpaired) electrons. The van der Waals surface area contributed by atoms with Crippen LogP contribution in [0.25, 0.3) is 10.9 Å². The Kier molecular flexibility index (Phi) is 8.15. The number of unbranched alkanes of at least 4 members (excludes halogenated alkanes) is 1. The van der Waals surface area contributed by atoms with Gasteiger partial charge in [0, 0.05) is 28.7 Å². The lowest BCUT2D eigenvalue weighted by Crippen LogP contribution is -2.28. The van der Waals surface area contributed by atoms with Crippen molar-refractivity contribution in [2.45, 2.75) is 38.1 Å². The highest BCUT2D eigenvalue weighted by Crippen LogP contribution is 2.28. The van der Waals surface area contributed by atoms with Gasteiger partial charge in [-0.2, -0.15) is 0 Å². The number of halogens is 1. The van der Waals surface area contributed by atoms with Crippen LogP contribution in [0.1, 0.15) is 41.4 Å². The Morgan fingerprint density at radius 3 is 2.45 bits per heavy atom. The molecule has 0 atom stereocenters. The Balaban J connectivity index is 2.18. The standard InChI is InChI=1S/C25H29BrN2O4S/c1-5-6-13-27(16-19(3)26)17-22-15-21-14-20(25(29)32-4)9-12-24(21)28(22)33(30,31)23-10-7-18(2)8-11-23/h7-12,14-15H,3,5-6,13,16-17H2,1-2,4H3. The molecule has 2 aromatic carbocycles. The molecule has 0 saturated heterocycles. The van der Waals surface area contributed by atoms with Gasteiger partial charge in [-0.3, -0.25) is 4.90 Å². The first-order valence-electron chi connectivity index (χ1n) is 10.8. The second-order valence-corrected chi connectivity index (χ2v) is 11.0. The van der Waals surface area contributed by atoms with E-state index in [9.17, 15) is 13.2 Å². The van der Waals surface area contributed by atoms with Crippen LogP contribution in [-0.4, -0.2) is 43.5 Å². The molecule has 0 bridgehead atoms. The Morgan fingerprint density at radius 2 is 1.85 bits per heavy atom. The maximum Gasteiger partial charge on any atom is 0.337 e. The Morgan fingerprint density at radius 1 is 1.15 bits per heavy atom. The summed E-state index contributed by atoms with van der Waals surface area (Å²) in [5.41, 5.74) is 2.50. The van der Waals surface area contributed by atoms with Crippen LogP contribution in [0.15, 0.2) is 64.5 Å². The van der Waals surface area contributed by atoms with Gasteiger partial charge >= 0.3 is 5.97 Å². The SMILES string of the molecule is C=C(Br)CN(CCCC)Cc1cc2cc(C(=O)OC)ccc2n1S(=O)(=O)c1ccc(C)cc1. The smallest absolute Gasteiger partial charge is 0.337 e. The second kappa shape index (κ2) is 10.7. The number of ether oxygens (including phenoxy) is 1. The van der Waals surface area contributed by atoms with Crippen molar-refractivity contribution in [2.24, 2.45) is 0 Å². The molecule has 8 heteroatoms. The molecule has 3 rings (SSSR count). The van der Waals surface area contributed by atoms with Gasteiger partial charge < -0.3 is 4.74 Å². The van der Waals surface area contributed by atoms with Crippen molar-refractivity contribution in [3.8, 4) is 0 Å². The number of methoxy groups -OCH3 is 1. The summed E-state index contributed by atoms with van der Waals surface area (Å²) >= 11 is 3.44. The van der Waals surface area contributed by atoms with E-state index in [0.29, 0.717) is 35.2 Å². The van der Waals surface area contributed by atoms with Crippen molar-refractivity contribution < 1.29 is 17.9 Å². The number of rotatable bonds is 10. The molecule has 0 saturated carbocycles. The summed E-state index contributed by atoms with van der Waals surface area (Å²) in [6, 6.07) is 13.6. The van der Waals surface area contributed by atoms with Crippen LogP contribution in [0, 0.1) is 6.92 Å². The molecule has 6 nitrogen and oxygen atoms in total. The number of hydrogen-bond donors (Lipinski definition) is 0. The number of carbonyl (C=O) groups is 1. The van der Waals surface area contributed by atoms with Crippen LogP contribution in [-0.2, 0) is 21.3 Å². The minimum absolute atomic E-state index is 0.217. The first-order chi connectivity index (χ1) is 15.7. The average Bonchev–Trinajstić information content (AvgIpc) is 3.14.